The molecule has 0 amide bonds. The largest absolute Gasteiger partial charge is 0.476 e. The minimum absolute atomic E-state index is 0.0132. The van der Waals surface area contributed by atoms with E-state index < -0.39 is 11.5 Å². The number of alkyl halides is 3. The van der Waals surface area contributed by atoms with E-state index in [1.807, 2.05) is 0 Å². The molecule has 0 aliphatic carbocycles. The van der Waals surface area contributed by atoms with Crippen LogP contribution in [0.5, 0.6) is 0 Å². The molecule has 1 aromatic carbocycles. The van der Waals surface area contributed by atoms with E-state index in [1.54, 1.807) is 0 Å². The molecule has 0 aliphatic rings. The van der Waals surface area contributed by atoms with E-state index in [4.69, 9.17) is 14.4 Å². The van der Waals surface area contributed by atoms with Crippen LogP contribution in [0.1, 0.15) is 21.8 Å². The highest BCUT2D eigenvalue weighted by Gasteiger charge is 2.28. The molecule has 0 atom stereocenters. The van der Waals surface area contributed by atoms with Gasteiger partial charge in [-0.25, -0.2) is 4.79 Å². The Kier molecular flexibility index (Phi) is 5.09. The summed E-state index contributed by atoms with van der Waals surface area (Å²) in [6.45, 7) is 0.166. The number of carboxylic acid groups (broad SMARTS) is 1. The highest BCUT2D eigenvalue weighted by atomic mass is 32.2. The maximum absolute atomic E-state index is 12.2. The smallest absolute Gasteiger partial charge is 0.446 e. The topological polar surface area (TPSA) is 72.6 Å². The summed E-state index contributed by atoms with van der Waals surface area (Å²) in [5, 5.41) is 12.0. The predicted molar refractivity (Wildman–Crippen MR) is 70.3 cm³/mol. The number of halogens is 3. The molecule has 5 nitrogen and oxygen atoms in total. The Hall–Kier alpha value is -2.00. The molecule has 0 fully saturated rings. The maximum atomic E-state index is 12.2. The Balaban J connectivity index is 1.82. The van der Waals surface area contributed by atoms with Crippen LogP contribution >= 0.6 is 11.8 Å². The van der Waals surface area contributed by atoms with Crippen LogP contribution in [0.4, 0.5) is 13.2 Å². The third-order valence-corrected chi connectivity index (χ3v) is 3.19. The summed E-state index contributed by atoms with van der Waals surface area (Å²) in [4.78, 5) is 10.7. The number of aromatic carboxylic acids is 1. The number of carboxylic acids is 1. The molecule has 0 spiro atoms. The van der Waals surface area contributed by atoms with Crippen LogP contribution in [0, 0.1) is 0 Å². The lowest BCUT2D eigenvalue weighted by Crippen LogP contribution is -1.99. The minimum Gasteiger partial charge on any atom is -0.476 e. The fourth-order valence-corrected chi connectivity index (χ4v) is 2.08. The molecule has 118 valence electrons. The Bertz CT molecular complexity index is 639. The van der Waals surface area contributed by atoms with Crippen molar-refractivity contribution in [1.29, 1.82) is 0 Å². The molecule has 0 bridgehead atoms. The van der Waals surface area contributed by atoms with Gasteiger partial charge in [0.2, 0.25) is 0 Å². The molecule has 2 rings (SSSR count). The number of ether oxygens (including phenoxy) is 1. The first-order valence-corrected chi connectivity index (χ1v) is 6.76. The second-order valence-corrected chi connectivity index (χ2v) is 5.31. The number of benzene rings is 1. The molecule has 0 saturated carbocycles. The normalized spacial score (nSPS) is 11.6. The van der Waals surface area contributed by atoms with Gasteiger partial charge in [-0.3, -0.25) is 0 Å². The number of nitrogens with zero attached hydrogens (tertiary/aromatic N) is 1. The lowest BCUT2D eigenvalue weighted by molar-refractivity contribution is -0.0328. The zero-order valence-electron chi connectivity index (χ0n) is 11.0. The van der Waals surface area contributed by atoms with E-state index in [0.717, 1.165) is 0 Å². The van der Waals surface area contributed by atoms with Crippen molar-refractivity contribution in [3.8, 4) is 0 Å². The molecular formula is C13H10F3NO4S. The fraction of sp³-hybridized carbons (Fsp3) is 0.231. The van der Waals surface area contributed by atoms with Crippen molar-refractivity contribution in [2.24, 2.45) is 0 Å². The third-order valence-electron chi connectivity index (χ3n) is 2.45. The highest BCUT2D eigenvalue weighted by molar-refractivity contribution is 8.00. The first-order valence-electron chi connectivity index (χ1n) is 5.95. The van der Waals surface area contributed by atoms with Crippen molar-refractivity contribution < 1.29 is 32.3 Å². The van der Waals surface area contributed by atoms with Crippen molar-refractivity contribution in [3.63, 3.8) is 0 Å². The summed E-state index contributed by atoms with van der Waals surface area (Å²) in [5.41, 5.74) is -3.84. The molecule has 0 unspecified atom stereocenters. The van der Waals surface area contributed by atoms with E-state index in [1.165, 1.54) is 30.3 Å². The molecule has 22 heavy (non-hydrogen) atoms. The van der Waals surface area contributed by atoms with Gasteiger partial charge in [0.25, 0.3) is 0 Å². The molecule has 1 heterocycles. The zero-order valence-corrected chi connectivity index (χ0v) is 11.8. The average Bonchev–Trinajstić information content (AvgIpc) is 2.88. The second-order valence-electron chi connectivity index (χ2n) is 4.17. The predicted octanol–water partition coefficient (Wildman–Crippen LogP) is 3.70. The van der Waals surface area contributed by atoms with Crippen LogP contribution in [-0.2, 0) is 18.0 Å². The Morgan fingerprint density at radius 2 is 1.95 bits per heavy atom. The lowest BCUT2D eigenvalue weighted by Gasteiger charge is -2.06. The van der Waals surface area contributed by atoms with Gasteiger partial charge in [0.05, 0.1) is 6.61 Å². The third kappa shape index (κ3) is 5.08. The number of carbonyl (C=O) groups is 1. The zero-order chi connectivity index (χ0) is 16.2. The SMILES string of the molecule is O=C(O)c1cc(COCc2ccc(SC(F)(F)F)cc2)on1. The van der Waals surface area contributed by atoms with Gasteiger partial charge in [-0.1, -0.05) is 17.3 Å². The minimum atomic E-state index is -4.31. The van der Waals surface area contributed by atoms with Crippen molar-refractivity contribution >= 4 is 17.7 Å². The van der Waals surface area contributed by atoms with Gasteiger partial charge >= 0.3 is 11.5 Å². The molecule has 1 N–H and O–H groups in total. The summed E-state index contributed by atoms with van der Waals surface area (Å²) in [6.07, 6.45) is 0. The molecule has 2 aromatic rings. The Morgan fingerprint density at radius 3 is 2.50 bits per heavy atom. The molecule has 0 aliphatic heterocycles. The van der Waals surface area contributed by atoms with E-state index in [9.17, 15) is 18.0 Å². The average molecular weight is 333 g/mol. The van der Waals surface area contributed by atoms with Crippen molar-refractivity contribution in [2.45, 2.75) is 23.6 Å². The number of hydrogen-bond acceptors (Lipinski definition) is 5. The van der Waals surface area contributed by atoms with Crippen LogP contribution < -0.4 is 0 Å². The van der Waals surface area contributed by atoms with Gasteiger partial charge in [-0.05, 0) is 29.5 Å². The van der Waals surface area contributed by atoms with Gasteiger partial charge in [0.1, 0.15) is 6.61 Å². The number of hydrogen-bond donors (Lipinski definition) is 1. The first kappa shape index (κ1) is 16.4. The van der Waals surface area contributed by atoms with E-state index in [0.29, 0.717) is 5.56 Å². The van der Waals surface area contributed by atoms with Gasteiger partial charge < -0.3 is 14.4 Å². The summed E-state index contributed by atoms with van der Waals surface area (Å²) >= 11 is -0.184. The van der Waals surface area contributed by atoms with E-state index >= 15 is 0 Å². The van der Waals surface area contributed by atoms with Crippen LogP contribution in [0.3, 0.4) is 0 Å². The van der Waals surface area contributed by atoms with Gasteiger partial charge in [-0.2, -0.15) is 13.2 Å². The van der Waals surface area contributed by atoms with Gasteiger partial charge in [-0.15, -0.1) is 0 Å². The standard InChI is InChI=1S/C13H10F3NO4S/c14-13(15,16)22-10-3-1-8(2-4-10)6-20-7-9-5-11(12(18)19)17-21-9/h1-5H,6-7H2,(H,18,19). The van der Waals surface area contributed by atoms with Gasteiger partial charge in [0.15, 0.2) is 11.5 Å². The monoisotopic (exact) mass is 333 g/mol. The maximum Gasteiger partial charge on any atom is 0.446 e. The number of aromatic nitrogens is 1. The number of rotatable bonds is 6. The van der Waals surface area contributed by atoms with Crippen LogP contribution in [0.15, 0.2) is 39.8 Å². The quantitative estimate of drug-likeness (QED) is 0.813. The Labute approximate surface area is 127 Å². The van der Waals surface area contributed by atoms with Gasteiger partial charge in [0, 0.05) is 11.0 Å². The molecule has 1 aromatic heterocycles. The second kappa shape index (κ2) is 6.84. The van der Waals surface area contributed by atoms with Crippen LogP contribution in [0.2, 0.25) is 0 Å². The van der Waals surface area contributed by atoms with Crippen LogP contribution in [0.25, 0.3) is 0 Å². The summed E-state index contributed by atoms with van der Waals surface area (Å²) in [7, 11) is 0. The summed E-state index contributed by atoms with van der Waals surface area (Å²) in [5.74, 6) is -0.950. The van der Waals surface area contributed by atoms with Crippen LogP contribution in [-0.4, -0.2) is 21.7 Å². The number of thioether (sulfide) groups is 1. The van der Waals surface area contributed by atoms with E-state index in [-0.39, 0.29) is 41.3 Å². The summed E-state index contributed by atoms with van der Waals surface area (Å²) < 4.78 is 46.6. The van der Waals surface area contributed by atoms with Crippen molar-refractivity contribution in [3.05, 3.63) is 47.3 Å². The molecule has 9 heteroatoms. The lowest BCUT2D eigenvalue weighted by atomic mass is 10.2. The Morgan fingerprint density at radius 1 is 1.27 bits per heavy atom. The van der Waals surface area contributed by atoms with Crippen molar-refractivity contribution in [2.75, 3.05) is 0 Å². The van der Waals surface area contributed by atoms with Crippen molar-refractivity contribution in [1.82, 2.24) is 5.16 Å². The summed E-state index contributed by atoms with van der Waals surface area (Å²) in [6, 6.07) is 7.00. The highest BCUT2D eigenvalue weighted by Crippen LogP contribution is 2.36. The van der Waals surface area contributed by atoms with E-state index in [2.05, 4.69) is 5.16 Å². The molecule has 0 radical (unpaired) electrons. The molecule has 0 saturated heterocycles. The first-order chi connectivity index (χ1) is 10.3. The fourth-order valence-electron chi connectivity index (χ4n) is 1.54. The molecular weight excluding hydrogens is 323 g/mol.